The summed E-state index contributed by atoms with van der Waals surface area (Å²) in [5.74, 6) is -2.06. The molecule has 1 amide bonds. The number of alkyl carbamates (subject to hydrolysis) is 1. The molecule has 0 heterocycles. The second-order valence-corrected chi connectivity index (χ2v) is 5.89. The van der Waals surface area contributed by atoms with E-state index in [2.05, 4.69) is 5.32 Å². The Morgan fingerprint density at radius 1 is 1.29 bits per heavy atom. The Labute approximate surface area is 123 Å². The van der Waals surface area contributed by atoms with Gasteiger partial charge in [0.25, 0.3) is 0 Å². The Kier molecular flexibility index (Phi) is 5.34. The number of hydrogen-bond acceptors (Lipinski definition) is 5. The van der Waals surface area contributed by atoms with Crippen molar-refractivity contribution < 1.29 is 29.0 Å². The van der Waals surface area contributed by atoms with Crippen molar-refractivity contribution in [2.45, 2.75) is 51.9 Å². The zero-order chi connectivity index (χ0) is 16.2. The van der Waals surface area contributed by atoms with Gasteiger partial charge in [0.2, 0.25) is 0 Å². The van der Waals surface area contributed by atoms with E-state index in [1.54, 1.807) is 32.9 Å². The lowest BCUT2D eigenvalue weighted by Gasteiger charge is -2.24. The summed E-state index contributed by atoms with van der Waals surface area (Å²) >= 11 is 0. The van der Waals surface area contributed by atoms with Gasteiger partial charge in [0.05, 0.1) is 0 Å². The van der Waals surface area contributed by atoms with Gasteiger partial charge >= 0.3 is 18.0 Å². The largest absolute Gasteiger partial charge is 0.480 e. The molecule has 7 heteroatoms. The average molecular weight is 299 g/mol. The van der Waals surface area contributed by atoms with Crippen molar-refractivity contribution in [3.8, 4) is 0 Å². The zero-order valence-corrected chi connectivity index (χ0v) is 12.6. The van der Waals surface area contributed by atoms with Crippen LogP contribution < -0.4 is 5.32 Å². The molecule has 0 aromatic rings. The number of esters is 1. The first kappa shape index (κ1) is 17.0. The van der Waals surface area contributed by atoms with Crippen LogP contribution >= 0.6 is 0 Å². The summed E-state index contributed by atoms with van der Waals surface area (Å²) in [6.07, 6.45) is 2.31. The number of nitrogens with one attached hydrogen (secondary N) is 1. The number of carboxylic acids is 1. The van der Waals surface area contributed by atoms with Gasteiger partial charge in [-0.25, -0.2) is 9.59 Å². The van der Waals surface area contributed by atoms with Crippen LogP contribution in [0.4, 0.5) is 4.79 Å². The Balaban J connectivity index is 2.64. The van der Waals surface area contributed by atoms with E-state index in [1.165, 1.54) is 6.92 Å². The molecule has 0 unspecified atom stereocenters. The predicted molar refractivity (Wildman–Crippen MR) is 73.6 cm³/mol. The molecule has 0 bridgehead atoms. The maximum atomic E-state index is 11.7. The van der Waals surface area contributed by atoms with E-state index in [9.17, 15) is 19.5 Å². The molecular weight excluding hydrogens is 278 g/mol. The molecule has 2 N–H and O–H groups in total. The summed E-state index contributed by atoms with van der Waals surface area (Å²) in [5.41, 5.74) is -0.709. The topological polar surface area (TPSA) is 102 Å². The quantitative estimate of drug-likeness (QED) is 0.602. The molecular formula is C14H21NO6. The minimum absolute atomic E-state index is 0.312. The van der Waals surface area contributed by atoms with Gasteiger partial charge in [0, 0.05) is 12.8 Å². The average Bonchev–Trinajstić information content (AvgIpc) is 2.70. The molecule has 0 radical (unpaired) electrons. The SMILES string of the molecule is CC(=O)O[C@H]1C=C[C@@H]([C@@H](NC(=O)OC(C)(C)C)C(=O)O)C1. The molecule has 0 aromatic carbocycles. The third-order valence-corrected chi connectivity index (χ3v) is 2.76. The summed E-state index contributed by atoms with van der Waals surface area (Å²) < 4.78 is 10.0. The molecule has 0 fully saturated rings. The lowest BCUT2D eigenvalue weighted by Crippen LogP contribution is -2.47. The van der Waals surface area contributed by atoms with Gasteiger partial charge in [-0.1, -0.05) is 6.08 Å². The Bertz CT molecular complexity index is 451. The minimum atomic E-state index is -1.17. The van der Waals surface area contributed by atoms with Gasteiger partial charge in [-0.2, -0.15) is 0 Å². The highest BCUT2D eigenvalue weighted by Crippen LogP contribution is 2.24. The van der Waals surface area contributed by atoms with E-state index in [0.29, 0.717) is 6.42 Å². The van der Waals surface area contributed by atoms with Crippen molar-refractivity contribution in [2.24, 2.45) is 5.92 Å². The molecule has 1 aliphatic carbocycles. The number of ether oxygens (including phenoxy) is 2. The summed E-state index contributed by atoms with van der Waals surface area (Å²) in [6.45, 7) is 6.35. The number of hydrogen-bond donors (Lipinski definition) is 2. The molecule has 0 aliphatic heterocycles. The van der Waals surface area contributed by atoms with E-state index in [1.807, 2.05) is 0 Å². The first-order valence-corrected chi connectivity index (χ1v) is 6.66. The van der Waals surface area contributed by atoms with Crippen LogP contribution in [0.1, 0.15) is 34.1 Å². The normalized spacial score (nSPS) is 22.5. The fourth-order valence-corrected chi connectivity index (χ4v) is 2.03. The second-order valence-electron chi connectivity index (χ2n) is 5.89. The first-order chi connectivity index (χ1) is 9.58. The lowest BCUT2D eigenvalue weighted by atomic mass is 9.99. The van der Waals surface area contributed by atoms with Crippen molar-refractivity contribution in [2.75, 3.05) is 0 Å². The number of carbonyl (C=O) groups excluding carboxylic acids is 2. The highest BCUT2D eigenvalue weighted by atomic mass is 16.6. The summed E-state index contributed by atoms with van der Waals surface area (Å²) in [5, 5.41) is 11.6. The van der Waals surface area contributed by atoms with Crippen molar-refractivity contribution in [1.82, 2.24) is 5.32 Å². The molecule has 0 aromatic heterocycles. The number of amides is 1. The van der Waals surface area contributed by atoms with E-state index in [-0.39, 0.29) is 0 Å². The monoisotopic (exact) mass is 299 g/mol. The van der Waals surface area contributed by atoms with Crippen molar-refractivity contribution in [3.05, 3.63) is 12.2 Å². The molecule has 1 rings (SSSR count). The third-order valence-electron chi connectivity index (χ3n) is 2.76. The van der Waals surface area contributed by atoms with Crippen LogP contribution in [-0.4, -0.2) is 40.9 Å². The van der Waals surface area contributed by atoms with Crippen molar-refractivity contribution in [3.63, 3.8) is 0 Å². The molecule has 0 saturated carbocycles. The zero-order valence-electron chi connectivity index (χ0n) is 12.6. The van der Waals surface area contributed by atoms with E-state index in [0.717, 1.165) is 0 Å². The van der Waals surface area contributed by atoms with Crippen molar-refractivity contribution >= 4 is 18.0 Å². The highest BCUT2D eigenvalue weighted by Gasteiger charge is 2.34. The second kappa shape index (κ2) is 6.60. The molecule has 118 valence electrons. The summed E-state index contributed by atoms with van der Waals surface area (Å²) in [4.78, 5) is 33.9. The van der Waals surface area contributed by atoms with Crippen molar-refractivity contribution in [1.29, 1.82) is 0 Å². The van der Waals surface area contributed by atoms with Gasteiger partial charge < -0.3 is 19.9 Å². The van der Waals surface area contributed by atoms with Crippen LogP contribution in [0.5, 0.6) is 0 Å². The molecule has 1 aliphatic rings. The van der Waals surface area contributed by atoms with Crippen LogP contribution in [-0.2, 0) is 19.1 Å². The Morgan fingerprint density at radius 2 is 1.90 bits per heavy atom. The number of carboxylic acid groups (broad SMARTS) is 1. The Hall–Kier alpha value is -2.05. The van der Waals surface area contributed by atoms with Crippen LogP contribution in [0.2, 0.25) is 0 Å². The molecule has 0 spiro atoms. The first-order valence-electron chi connectivity index (χ1n) is 6.66. The highest BCUT2D eigenvalue weighted by molar-refractivity contribution is 5.80. The van der Waals surface area contributed by atoms with Gasteiger partial charge in [0.15, 0.2) is 0 Å². The van der Waals surface area contributed by atoms with Crippen LogP contribution in [0, 0.1) is 5.92 Å². The number of rotatable bonds is 4. The molecule has 3 atom stereocenters. The molecule has 7 nitrogen and oxygen atoms in total. The van der Waals surface area contributed by atoms with Gasteiger partial charge in [-0.15, -0.1) is 0 Å². The maximum absolute atomic E-state index is 11.7. The molecule has 0 saturated heterocycles. The van der Waals surface area contributed by atoms with Crippen LogP contribution in [0.3, 0.4) is 0 Å². The predicted octanol–water partition coefficient (Wildman–Crippen LogP) is 1.47. The van der Waals surface area contributed by atoms with Gasteiger partial charge in [0.1, 0.15) is 17.7 Å². The van der Waals surface area contributed by atoms with Crippen LogP contribution in [0.15, 0.2) is 12.2 Å². The van der Waals surface area contributed by atoms with Gasteiger partial charge in [-0.3, -0.25) is 4.79 Å². The number of carbonyl (C=O) groups is 3. The molecule has 21 heavy (non-hydrogen) atoms. The summed E-state index contributed by atoms with van der Waals surface area (Å²) in [6, 6.07) is -1.13. The fraction of sp³-hybridized carbons (Fsp3) is 0.643. The smallest absolute Gasteiger partial charge is 0.408 e. The lowest BCUT2D eigenvalue weighted by molar-refractivity contribution is -0.144. The van der Waals surface area contributed by atoms with E-state index < -0.39 is 41.7 Å². The standard InChI is InChI=1S/C14H21NO6/c1-8(16)20-10-6-5-9(7-10)11(12(17)18)15-13(19)21-14(2,3)4/h5-6,9-11H,7H2,1-4H3,(H,15,19)(H,17,18)/t9-,10+,11-/m1/s1. The van der Waals surface area contributed by atoms with Crippen LogP contribution in [0.25, 0.3) is 0 Å². The maximum Gasteiger partial charge on any atom is 0.408 e. The fourth-order valence-electron chi connectivity index (χ4n) is 2.03. The van der Waals surface area contributed by atoms with E-state index in [4.69, 9.17) is 9.47 Å². The third kappa shape index (κ3) is 5.85. The minimum Gasteiger partial charge on any atom is -0.480 e. The Morgan fingerprint density at radius 3 is 2.38 bits per heavy atom. The number of aliphatic carboxylic acids is 1. The van der Waals surface area contributed by atoms with Gasteiger partial charge in [-0.05, 0) is 33.3 Å². The van der Waals surface area contributed by atoms with E-state index >= 15 is 0 Å². The summed E-state index contributed by atoms with van der Waals surface area (Å²) in [7, 11) is 0.